The van der Waals surface area contributed by atoms with E-state index in [1.807, 2.05) is 91.0 Å². The van der Waals surface area contributed by atoms with Crippen molar-refractivity contribution in [3.8, 4) is 86.2 Å². The molecule has 0 aliphatic heterocycles. The van der Waals surface area contributed by atoms with Crippen molar-refractivity contribution in [3.05, 3.63) is 285 Å². The molecule has 0 amide bonds. The van der Waals surface area contributed by atoms with Gasteiger partial charge in [0.25, 0.3) is 0 Å². The summed E-state index contributed by atoms with van der Waals surface area (Å²) in [5.74, 6) is 14.3. The highest BCUT2D eigenvalue weighted by Gasteiger charge is 2.48. The Morgan fingerprint density at radius 2 is 0.935 bits per heavy atom. The molecule has 0 radical (unpaired) electrons. The minimum Gasteiger partial charge on any atom is -0.508 e. The lowest BCUT2D eigenvalue weighted by Gasteiger charge is -2.35. The second-order valence-electron chi connectivity index (χ2n) is 18.6. The van der Waals surface area contributed by atoms with Crippen molar-refractivity contribution in [2.45, 2.75) is 18.6 Å². The molecule has 2 aliphatic rings. The predicted molar refractivity (Wildman–Crippen MR) is 296 cm³/mol. The van der Waals surface area contributed by atoms with Crippen LogP contribution in [0.15, 0.2) is 218 Å². The van der Waals surface area contributed by atoms with Crippen LogP contribution in [0.25, 0.3) is 27.8 Å². The number of ketones is 1. The summed E-state index contributed by atoms with van der Waals surface area (Å²) >= 11 is 0. The van der Waals surface area contributed by atoms with E-state index < -0.39 is 5.41 Å². The summed E-state index contributed by atoms with van der Waals surface area (Å²) < 4.78 is 6.76. The summed E-state index contributed by atoms with van der Waals surface area (Å²) in [7, 11) is 0. The van der Waals surface area contributed by atoms with Crippen molar-refractivity contribution < 1.29 is 45.3 Å². The zero-order valence-electron chi connectivity index (χ0n) is 41.1. The van der Waals surface area contributed by atoms with Crippen LogP contribution in [0.1, 0.15) is 66.8 Å². The normalized spacial score (nSPS) is 13.9. The fourth-order valence-corrected chi connectivity index (χ4v) is 10.3. The number of aliphatic hydroxyl groups excluding tert-OH is 1. The van der Waals surface area contributed by atoms with E-state index in [1.165, 1.54) is 12.2 Å². The van der Waals surface area contributed by atoms with Gasteiger partial charge in [0.1, 0.15) is 46.9 Å². The third kappa shape index (κ3) is 9.43. The Hall–Kier alpha value is -10.5. The van der Waals surface area contributed by atoms with Gasteiger partial charge >= 0.3 is 0 Å². The molecule has 0 spiro atoms. The van der Waals surface area contributed by atoms with Crippen molar-refractivity contribution >= 4 is 11.4 Å². The number of ether oxygens (including phenoxy) is 1. The van der Waals surface area contributed by atoms with Crippen LogP contribution in [-0.2, 0) is 23.4 Å². The smallest absolute Gasteiger partial charge is 0.178 e. The van der Waals surface area contributed by atoms with E-state index in [2.05, 4.69) is 23.7 Å². The number of rotatable bonds is 9. The number of aliphatic hydroxyl groups is 1. The average Bonchev–Trinajstić information content (AvgIpc) is 3.84. The SMILES string of the molecule is O=C1C=CC(=C(c2ccc(O)cc2)c2c(-c3ccc(O)cc3)ccc(COc3ccc([C@@]4(c5ccc(O)cc5)c5cc(O)ccc5-c5ccc(CO)c(C#Cc6ccc(O)cc6)c54)cc3)c2C#Cc2ccc(O)cc2)C=C1. The molecule has 9 heteroatoms. The highest BCUT2D eigenvalue weighted by atomic mass is 16.5. The molecular weight excluding hydrogens is 961 g/mol. The molecule has 0 fully saturated rings. The number of carbonyl (C=O) groups excluding carboxylic acids is 1. The zero-order chi connectivity index (χ0) is 53.2. The van der Waals surface area contributed by atoms with Crippen LogP contribution in [0, 0.1) is 23.7 Å². The lowest BCUT2D eigenvalue weighted by Crippen LogP contribution is -2.30. The Bertz CT molecular complexity index is 3980. The molecule has 77 heavy (non-hydrogen) atoms. The molecule has 0 saturated heterocycles. The predicted octanol–water partition coefficient (Wildman–Crippen LogP) is 12.3. The third-order valence-electron chi connectivity index (χ3n) is 13.9. The Balaban J connectivity index is 1.08. The fraction of sp³-hybridized carbons (Fsp3) is 0.0441. The highest BCUT2D eigenvalue weighted by molar-refractivity contribution is 6.04. The van der Waals surface area contributed by atoms with Crippen LogP contribution < -0.4 is 4.74 Å². The molecule has 9 aromatic carbocycles. The van der Waals surface area contributed by atoms with Gasteiger partial charge in [-0.1, -0.05) is 115 Å². The second kappa shape index (κ2) is 20.5. The minimum absolute atomic E-state index is 0.0314. The van der Waals surface area contributed by atoms with Crippen molar-refractivity contribution in [2.24, 2.45) is 0 Å². The summed E-state index contributed by atoms with van der Waals surface area (Å²) in [4.78, 5) is 12.6. The van der Waals surface area contributed by atoms with Gasteiger partial charge in [0.15, 0.2) is 5.78 Å². The van der Waals surface area contributed by atoms with E-state index in [4.69, 9.17) is 4.74 Å². The molecule has 0 heterocycles. The molecule has 11 rings (SSSR count). The average molecular weight is 1010 g/mol. The maximum Gasteiger partial charge on any atom is 0.178 e. The van der Waals surface area contributed by atoms with E-state index in [-0.39, 0.29) is 53.5 Å². The molecule has 0 unspecified atom stereocenters. The number of benzene rings is 9. The molecular formula is C68H46O9. The van der Waals surface area contributed by atoms with Crippen molar-refractivity contribution in [1.29, 1.82) is 0 Å². The Morgan fingerprint density at radius 3 is 1.52 bits per heavy atom. The number of phenolic OH excluding ortho intramolecular Hbond substituents is 6. The number of carbonyl (C=O) groups is 1. The first-order chi connectivity index (χ1) is 37.5. The standard InChI is InChI=1S/C68H46O9/c69-40-47-13-37-63-62-38-31-57(76)39-64(62)68(49-15-29-56(75)30-16-49,67(63)61(47)35-6-43-3-21-52(71)22-4-43)50-17-32-58(33-18-50)77-41-48-14-36-59(44-7-23-53(72)24-8-44)66(60(48)34-5-42-1-19-51(70)20-2-42)65(45-9-25-54(73)26-10-45)46-11-27-55(74)28-12-46/h1-4,7-33,36-39,69-73,75-76H,40-41H2/t68-/m0/s1. The summed E-state index contributed by atoms with van der Waals surface area (Å²) in [6, 6.07) is 54.5. The van der Waals surface area contributed by atoms with Crippen LogP contribution in [0.2, 0.25) is 0 Å². The second-order valence-corrected chi connectivity index (χ2v) is 18.6. The van der Waals surface area contributed by atoms with E-state index in [0.29, 0.717) is 55.8 Å². The number of aromatic hydroxyl groups is 6. The van der Waals surface area contributed by atoms with Crippen molar-refractivity contribution in [3.63, 3.8) is 0 Å². The molecule has 9 aromatic rings. The van der Waals surface area contributed by atoms with E-state index >= 15 is 0 Å². The van der Waals surface area contributed by atoms with Gasteiger partial charge in [0, 0.05) is 33.4 Å². The lowest BCUT2D eigenvalue weighted by atomic mass is 9.66. The Labute approximate surface area is 444 Å². The van der Waals surface area contributed by atoms with Crippen LogP contribution in [-0.4, -0.2) is 41.5 Å². The van der Waals surface area contributed by atoms with Gasteiger partial charge in [0.2, 0.25) is 0 Å². The largest absolute Gasteiger partial charge is 0.508 e. The van der Waals surface area contributed by atoms with Gasteiger partial charge in [-0.15, -0.1) is 0 Å². The van der Waals surface area contributed by atoms with Gasteiger partial charge < -0.3 is 40.5 Å². The first-order valence-corrected chi connectivity index (χ1v) is 24.6. The molecule has 372 valence electrons. The zero-order valence-corrected chi connectivity index (χ0v) is 41.1. The number of hydrogen-bond donors (Lipinski definition) is 7. The van der Waals surface area contributed by atoms with E-state index in [1.54, 1.807) is 109 Å². The van der Waals surface area contributed by atoms with Gasteiger partial charge in [0.05, 0.1) is 12.0 Å². The molecule has 0 aromatic heterocycles. The summed E-state index contributed by atoms with van der Waals surface area (Å²) in [6.07, 6.45) is 6.53. The number of hydrogen-bond acceptors (Lipinski definition) is 9. The molecule has 1 atom stereocenters. The van der Waals surface area contributed by atoms with Crippen molar-refractivity contribution in [2.75, 3.05) is 0 Å². The number of allylic oxidation sites excluding steroid dienone is 5. The highest BCUT2D eigenvalue weighted by Crippen LogP contribution is 2.58. The Kier molecular flexibility index (Phi) is 13.0. The van der Waals surface area contributed by atoms with Crippen molar-refractivity contribution in [1.82, 2.24) is 0 Å². The molecule has 2 aliphatic carbocycles. The third-order valence-corrected chi connectivity index (χ3v) is 13.9. The number of phenols is 6. The van der Waals surface area contributed by atoms with Gasteiger partial charge in [-0.3, -0.25) is 4.79 Å². The van der Waals surface area contributed by atoms with Crippen LogP contribution in [0.5, 0.6) is 40.2 Å². The first kappa shape index (κ1) is 48.8. The Morgan fingerprint density at radius 1 is 0.455 bits per heavy atom. The topological polar surface area (TPSA) is 168 Å². The molecule has 9 nitrogen and oxygen atoms in total. The quantitative estimate of drug-likeness (QED) is 0.0696. The maximum atomic E-state index is 12.6. The summed E-state index contributed by atoms with van der Waals surface area (Å²) in [5.41, 5.74) is 11.8. The van der Waals surface area contributed by atoms with Crippen LogP contribution in [0.3, 0.4) is 0 Å². The van der Waals surface area contributed by atoms with E-state index in [0.717, 1.165) is 50.1 Å². The van der Waals surface area contributed by atoms with Gasteiger partial charge in [-0.25, -0.2) is 0 Å². The first-order valence-electron chi connectivity index (χ1n) is 24.6. The number of fused-ring (bicyclic) bond motifs is 3. The van der Waals surface area contributed by atoms with E-state index in [9.17, 15) is 40.5 Å². The summed E-state index contributed by atoms with van der Waals surface area (Å²) in [6.45, 7) is -0.282. The lowest BCUT2D eigenvalue weighted by molar-refractivity contribution is -0.110. The molecule has 0 bridgehead atoms. The minimum atomic E-state index is -1.15. The monoisotopic (exact) mass is 1010 g/mol. The summed E-state index contributed by atoms with van der Waals surface area (Å²) in [5, 5.41) is 73.9. The fourth-order valence-electron chi connectivity index (χ4n) is 10.3. The van der Waals surface area contributed by atoms with Gasteiger partial charge in [-0.05, 0) is 188 Å². The van der Waals surface area contributed by atoms with Crippen LogP contribution in [0.4, 0.5) is 0 Å². The van der Waals surface area contributed by atoms with Gasteiger partial charge in [-0.2, -0.15) is 0 Å². The molecule has 0 saturated carbocycles. The van der Waals surface area contributed by atoms with Crippen LogP contribution >= 0.6 is 0 Å². The maximum absolute atomic E-state index is 12.6. The molecule has 7 N–H and O–H groups in total.